The van der Waals surface area contributed by atoms with Gasteiger partial charge in [0.2, 0.25) is 0 Å². The Morgan fingerprint density at radius 2 is 2.19 bits per heavy atom. The maximum Gasteiger partial charge on any atom is 0.152 e. The molecule has 84 valence electrons. The standard InChI is InChI=1S/C11H13ClN4/c1-8-3-5-13-11(12)10(8)14-7-9-4-6-15-16(9)2/h3-6,14H,7H2,1-2H3. The fraction of sp³-hybridized carbons (Fsp3) is 0.273. The Balaban J connectivity index is 2.14. The van der Waals surface area contributed by atoms with E-state index < -0.39 is 0 Å². The largest absolute Gasteiger partial charge is 0.377 e. The van der Waals surface area contributed by atoms with Crippen molar-refractivity contribution in [3.8, 4) is 0 Å². The first-order chi connectivity index (χ1) is 7.68. The normalized spacial score (nSPS) is 10.4. The summed E-state index contributed by atoms with van der Waals surface area (Å²) in [6.45, 7) is 2.68. The van der Waals surface area contributed by atoms with Crippen molar-refractivity contribution < 1.29 is 0 Å². The molecule has 2 rings (SSSR count). The molecule has 0 spiro atoms. The van der Waals surface area contributed by atoms with Crippen LogP contribution in [-0.4, -0.2) is 14.8 Å². The summed E-state index contributed by atoms with van der Waals surface area (Å²) in [5, 5.41) is 7.87. The van der Waals surface area contributed by atoms with Crippen molar-refractivity contribution >= 4 is 17.3 Å². The first kappa shape index (κ1) is 11.0. The fourth-order valence-corrected chi connectivity index (χ4v) is 1.76. The number of nitrogens with one attached hydrogen (secondary N) is 1. The summed E-state index contributed by atoms with van der Waals surface area (Å²) in [7, 11) is 1.91. The average molecular weight is 237 g/mol. The molecule has 2 heterocycles. The molecular weight excluding hydrogens is 224 g/mol. The second kappa shape index (κ2) is 4.53. The van der Waals surface area contributed by atoms with E-state index >= 15 is 0 Å². The fourth-order valence-electron chi connectivity index (χ4n) is 1.49. The molecule has 0 amide bonds. The highest BCUT2D eigenvalue weighted by Crippen LogP contribution is 2.23. The number of rotatable bonds is 3. The molecular formula is C11H13ClN4. The summed E-state index contributed by atoms with van der Waals surface area (Å²) in [6.07, 6.45) is 3.47. The molecule has 0 atom stereocenters. The number of pyridine rings is 1. The van der Waals surface area contributed by atoms with Crippen LogP contribution in [-0.2, 0) is 13.6 Å². The molecule has 0 fully saturated rings. The third-order valence-electron chi connectivity index (χ3n) is 2.48. The van der Waals surface area contributed by atoms with Crippen LogP contribution in [0.15, 0.2) is 24.5 Å². The maximum atomic E-state index is 6.01. The van der Waals surface area contributed by atoms with Gasteiger partial charge in [-0.2, -0.15) is 5.10 Å². The minimum absolute atomic E-state index is 0.502. The van der Waals surface area contributed by atoms with Crippen molar-refractivity contribution in [2.45, 2.75) is 13.5 Å². The van der Waals surface area contributed by atoms with Crippen molar-refractivity contribution in [2.75, 3.05) is 5.32 Å². The Kier molecular flexibility index (Phi) is 3.10. The minimum Gasteiger partial charge on any atom is -0.377 e. The number of halogens is 1. The minimum atomic E-state index is 0.502. The first-order valence-corrected chi connectivity index (χ1v) is 5.38. The van der Waals surface area contributed by atoms with E-state index in [9.17, 15) is 0 Å². The summed E-state index contributed by atoms with van der Waals surface area (Å²) in [4.78, 5) is 4.04. The van der Waals surface area contributed by atoms with Crippen molar-refractivity contribution in [2.24, 2.45) is 7.05 Å². The molecule has 4 nitrogen and oxygen atoms in total. The molecule has 16 heavy (non-hydrogen) atoms. The van der Waals surface area contributed by atoms with Crippen molar-refractivity contribution in [3.63, 3.8) is 0 Å². The van der Waals surface area contributed by atoms with Gasteiger partial charge in [-0.15, -0.1) is 0 Å². The monoisotopic (exact) mass is 236 g/mol. The molecule has 0 aromatic carbocycles. The van der Waals surface area contributed by atoms with Gasteiger partial charge in [0, 0.05) is 19.4 Å². The molecule has 1 N–H and O–H groups in total. The molecule has 0 radical (unpaired) electrons. The van der Waals surface area contributed by atoms with Crippen LogP contribution in [0.2, 0.25) is 5.15 Å². The zero-order valence-electron chi connectivity index (χ0n) is 9.24. The van der Waals surface area contributed by atoms with E-state index in [-0.39, 0.29) is 0 Å². The van der Waals surface area contributed by atoms with Gasteiger partial charge < -0.3 is 5.32 Å². The van der Waals surface area contributed by atoms with Crippen LogP contribution in [0.4, 0.5) is 5.69 Å². The highest BCUT2D eigenvalue weighted by Gasteiger charge is 2.05. The van der Waals surface area contributed by atoms with Crippen LogP contribution in [0.1, 0.15) is 11.3 Å². The van der Waals surface area contributed by atoms with Gasteiger partial charge in [0.05, 0.1) is 17.9 Å². The van der Waals surface area contributed by atoms with Crippen molar-refractivity contribution in [3.05, 3.63) is 40.9 Å². The summed E-state index contributed by atoms with van der Waals surface area (Å²) in [6, 6.07) is 3.89. The van der Waals surface area contributed by atoms with Gasteiger partial charge in [0.1, 0.15) is 0 Å². The average Bonchev–Trinajstić information content (AvgIpc) is 2.64. The highest BCUT2D eigenvalue weighted by atomic mass is 35.5. The lowest BCUT2D eigenvalue weighted by Gasteiger charge is -2.10. The molecule has 0 saturated carbocycles. The predicted octanol–water partition coefficient (Wildman–Crippen LogP) is 2.39. The Bertz CT molecular complexity index is 472. The predicted molar refractivity (Wildman–Crippen MR) is 64.5 cm³/mol. The third kappa shape index (κ3) is 2.17. The van der Waals surface area contributed by atoms with Crippen LogP contribution in [0.25, 0.3) is 0 Å². The number of hydrogen-bond acceptors (Lipinski definition) is 3. The lowest BCUT2D eigenvalue weighted by Crippen LogP contribution is -2.07. The quantitative estimate of drug-likeness (QED) is 0.833. The van der Waals surface area contributed by atoms with E-state index in [1.54, 1.807) is 12.4 Å². The Hall–Kier alpha value is -1.55. The van der Waals surface area contributed by atoms with Gasteiger partial charge in [-0.1, -0.05) is 11.6 Å². The summed E-state index contributed by atoms with van der Waals surface area (Å²) in [5.74, 6) is 0. The molecule has 5 heteroatoms. The first-order valence-electron chi connectivity index (χ1n) is 5.00. The number of anilines is 1. The lowest BCUT2D eigenvalue weighted by molar-refractivity contribution is 0.720. The summed E-state index contributed by atoms with van der Waals surface area (Å²) in [5.41, 5.74) is 3.06. The summed E-state index contributed by atoms with van der Waals surface area (Å²) < 4.78 is 1.83. The SMILES string of the molecule is Cc1ccnc(Cl)c1NCc1ccnn1C. The van der Waals surface area contributed by atoms with Gasteiger partial charge >= 0.3 is 0 Å². The Morgan fingerprint density at radius 3 is 2.81 bits per heavy atom. The zero-order valence-corrected chi connectivity index (χ0v) is 9.99. The Morgan fingerprint density at radius 1 is 1.38 bits per heavy atom. The molecule has 0 bridgehead atoms. The van der Waals surface area contributed by atoms with Gasteiger partial charge in [0.15, 0.2) is 5.15 Å². The number of hydrogen-bond donors (Lipinski definition) is 1. The number of aromatic nitrogens is 3. The van der Waals surface area contributed by atoms with E-state index in [1.807, 2.05) is 30.8 Å². The van der Waals surface area contributed by atoms with Crippen LogP contribution in [0.5, 0.6) is 0 Å². The smallest absolute Gasteiger partial charge is 0.152 e. The van der Waals surface area contributed by atoms with Gasteiger partial charge in [-0.05, 0) is 24.6 Å². The molecule has 0 aliphatic heterocycles. The van der Waals surface area contributed by atoms with E-state index in [1.165, 1.54) is 0 Å². The highest BCUT2D eigenvalue weighted by molar-refractivity contribution is 6.32. The maximum absolute atomic E-state index is 6.01. The molecule has 2 aromatic rings. The van der Waals surface area contributed by atoms with E-state index in [2.05, 4.69) is 15.4 Å². The molecule has 0 aliphatic rings. The molecule has 0 aliphatic carbocycles. The van der Waals surface area contributed by atoms with Crippen LogP contribution in [0, 0.1) is 6.92 Å². The molecule has 0 saturated heterocycles. The lowest BCUT2D eigenvalue weighted by atomic mass is 10.2. The van der Waals surface area contributed by atoms with E-state index in [4.69, 9.17) is 11.6 Å². The van der Waals surface area contributed by atoms with Crippen molar-refractivity contribution in [1.29, 1.82) is 0 Å². The topological polar surface area (TPSA) is 42.7 Å². The van der Waals surface area contributed by atoms with Crippen molar-refractivity contribution in [1.82, 2.24) is 14.8 Å². The van der Waals surface area contributed by atoms with Gasteiger partial charge in [-0.3, -0.25) is 4.68 Å². The second-order valence-electron chi connectivity index (χ2n) is 3.59. The van der Waals surface area contributed by atoms with Gasteiger partial charge in [-0.25, -0.2) is 4.98 Å². The second-order valence-corrected chi connectivity index (χ2v) is 3.95. The van der Waals surface area contributed by atoms with Crippen LogP contribution >= 0.6 is 11.6 Å². The van der Waals surface area contributed by atoms with Crippen LogP contribution in [0.3, 0.4) is 0 Å². The molecule has 2 aromatic heterocycles. The Labute approximate surface area is 99.3 Å². The van der Waals surface area contributed by atoms with E-state index in [0.29, 0.717) is 11.7 Å². The van der Waals surface area contributed by atoms with Gasteiger partial charge in [0.25, 0.3) is 0 Å². The van der Waals surface area contributed by atoms with Crippen LogP contribution < -0.4 is 5.32 Å². The zero-order chi connectivity index (χ0) is 11.5. The summed E-state index contributed by atoms with van der Waals surface area (Å²) >= 11 is 6.01. The van der Waals surface area contributed by atoms with E-state index in [0.717, 1.165) is 16.9 Å². The molecule has 0 unspecified atom stereocenters. The third-order valence-corrected chi connectivity index (χ3v) is 2.77. The number of nitrogens with zero attached hydrogens (tertiary/aromatic N) is 3. The number of aryl methyl sites for hydroxylation is 2.